The Morgan fingerprint density at radius 1 is 1.32 bits per heavy atom. The molecular weight excluding hydrogens is 354 g/mol. The van der Waals surface area contributed by atoms with Crippen LogP contribution in [0.4, 0.5) is 14.5 Å². The molecule has 0 bridgehead atoms. The van der Waals surface area contributed by atoms with E-state index in [9.17, 15) is 18.1 Å². The van der Waals surface area contributed by atoms with Crippen molar-refractivity contribution in [2.75, 3.05) is 11.8 Å². The first-order valence-corrected chi connectivity index (χ1v) is 8.34. The van der Waals surface area contributed by atoms with Crippen molar-refractivity contribution in [1.29, 1.82) is 0 Å². The summed E-state index contributed by atoms with van der Waals surface area (Å²) in [5.74, 6) is -3.68. The number of hydrogen-bond acceptors (Lipinski definition) is 5. The van der Waals surface area contributed by atoms with Crippen LogP contribution in [0.25, 0.3) is 0 Å². The standard InChI is InChI=1S/C16H16F2N2O4S/c1-8(2)9-4-13(15(24-3)19-7-9)20-25(23)14-5-10(16(21)22)11(17)6-12(14)18/h4-8,20H,1-3H3,(H,21,22). The molecule has 1 aromatic heterocycles. The summed E-state index contributed by atoms with van der Waals surface area (Å²) in [4.78, 5) is 14.6. The molecule has 2 aromatic rings. The molecule has 25 heavy (non-hydrogen) atoms. The van der Waals surface area contributed by atoms with Crippen molar-refractivity contribution in [3.8, 4) is 5.88 Å². The molecular formula is C16H16F2N2O4S. The summed E-state index contributed by atoms with van der Waals surface area (Å²) in [6, 6.07) is 2.73. The maximum absolute atomic E-state index is 13.9. The maximum atomic E-state index is 13.9. The lowest BCUT2D eigenvalue weighted by Gasteiger charge is -2.16. The van der Waals surface area contributed by atoms with E-state index in [-0.39, 0.29) is 17.5 Å². The highest BCUT2D eigenvalue weighted by Gasteiger charge is 2.25. The van der Waals surface area contributed by atoms with Crippen LogP contribution in [-0.4, -0.2) is 27.7 Å². The fraction of sp³-hybridized carbons (Fsp3) is 0.250. The van der Waals surface area contributed by atoms with E-state index in [1.807, 2.05) is 13.8 Å². The van der Waals surface area contributed by atoms with Gasteiger partial charge in [-0.05, 0) is 17.5 Å². The summed E-state index contributed by atoms with van der Waals surface area (Å²) in [5.41, 5.74) is 0.298. The quantitative estimate of drug-likeness (QED) is 0.758. The van der Waals surface area contributed by atoms with Crippen molar-refractivity contribution >= 4 is 23.0 Å². The zero-order chi connectivity index (χ0) is 18.7. The van der Waals surface area contributed by atoms with E-state index in [0.717, 1.165) is 5.56 Å². The Labute approximate surface area is 146 Å². The Morgan fingerprint density at radius 3 is 2.56 bits per heavy atom. The van der Waals surface area contributed by atoms with Crippen molar-refractivity contribution in [2.45, 2.75) is 24.7 Å². The largest absolute Gasteiger partial charge is 0.588 e. The molecule has 0 saturated heterocycles. The molecule has 2 rings (SSSR count). The summed E-state index contributed by atoms with van der Waals surface area (Å²) in [5, 5.41) is 8.92. The normalized spacial score (nSPS) is 12.1. The molecule has 134 valence electrons. The van der Waals surface area contributed by atoms with Crippen LogP contribution in [0.1, 0.15) is 35.7 Å². The van der Waals surface area contributed by atoms with Crippen molar-refractivity contribution in [3.05, 3.63) is 47.2 Å². The lowest BCUT2D eigenvalue weighted by atomic mass is 10.1. The van der Waals surface area contributed by atoms with Gasteiger partial charge in [0, 0.05) is 18.3 Å². The third-order valence-electron chi connectivity index (χ3n) is 3.39. The van der Waals surface area contributed by atoms with Gasteiger partial charge in [-0.25, -0.2) is 18.6 Å². The van der Waals surface area contributed by atoms with Gasteiger partial charge in [0.1, 0.15) is 28.4 Å². The molecule has 0 saturated carbocycles. The third-order valence-corrected chi connectivity index (χ3v) is 4.50. The van der Waals surface area contributed by atoms with Gasteiger partial charge < -0.3 is 14.4 Å². The first-order chi connectivity index (χ1) is 11.7. The van der Waals surface area contributed by atoms with Crippen molar-refractivity contribution in [1.82, 2.24) is 4.98 Å². The second-order valence-electron chi connectivity index (χ2n) is 5.42. The lowest BCUT2D eigenvalue weighted by molar-refractivity contribution is 0.0691. The van der Waals surface area contributed by atoms with Crippen molar-refractivity contribution in [3.63, 3.8) is 0 Å². The summed E-state index contributed by atoms with van der Waals surface area (Å²) >= 11 is -2.19. The summed E-state index contributed by atoms with van der Waals surface area (Å²) in [6.07, 6.45) is 1.60. The highest BCUT2D eigenvalue weighted by Crippen LogP contribution is 2.29. The van der Waals surface area contributed by atoms with Gasteiger partial charge in [-0.2, -0.15) is 4.72 Å². The number of aromatic nitrogens is 1. The molecule has 6 nitrogen and oxygen atoms in total. The van der Waals surface area contributed by atoms with Crippen LogP contribution in [0, 0.1) is 11.6 Å². The Kier molecular flexibility index (Phi) is 5.81. The summed E-state index contributed by atoms with van der Waals surface area (Å²) < 4.78 is 47.4. The molecule has 1 heterocycles. The smallest absolute Gasteiger partial charge is 0.338 e. The number of pyridine rings is 1. The van der Waals surface area contributed by atoms with Gasteiger partial charge in [0.15, 0.2) is 5.82 Å². The number of carboxylic acid groups (broad SMARTS) is 1. The van der Waals surface area contributed by atoms with E-state index in [1.54, 1.807) is 12.3 Å². The fourth-order valence-electron chi connectivity index (χ4n) is 2.01. The Bertz CT molecular complexity index is 802. The number of hydrogen-bond donors (Lipinski definition) is 2. The average molecular weight is 370 g/mol. The van der Waals surface area contributed by atoms with Crippen molar-refractivity contribution in [2.24, 2.45) is 0 Å². The zero-order valence-corrected chi connectivity index (χ0v) is 14.5. The van der Waals surface area contributed by atoms with Gasteiger partial charge in [0.25, 0.3) is 0 Å². The van der Waals surface area contributed by atoms with Gasteiger partial charge in [0.2, 0.25) is 10.8 Å². The molecule has 0 amide bonds. The third kappa shape index (κ3) is 4.18. The van der Waals surface area contributed by atoms with Crippen LogP contribution in [-0.2, 0) is 11.4 Å². The number of rotatable bonds is 6. The second kappa shape index (κ2) is 7.66. The molecule has 0 aliphatic heterocycles. The van der Waals surface area contributed by atoms with E-state index in [0.29, 0.717) is 12.1 Å². The highest BCUT2D eigenvalue weighted by atomic mass is 32.2. The van der Waals surface area contributed by atoms with Gasteiger partial charge in [-0.1, -0.05) is 13.8 Å². The van der Waals surface area contributed by atoms with E-state index in [4.69, 9.17) is 9.84 Å². The molecule has 0 aliphatic carbocycles. The van der Waals surface area contributed by atoms with Crippen LogP contribution in [0.15, 0.2) is 29.3 Å². The fourth-order valence-corrected chi connectivity index (χ4v) is 2.93. The number of carboxylic acids is 1. The molecule has 0 aliphatic rings. The molecule has 2 N–H and O–H groups in total. The molecule has 0 radical (unpaired) electrons. The molecule has 0 fully saturated rings. The first-order valence-electron chi connectivity index (χ1n) is 7.19. The zero-order valence-electron chi connectivity index (χ0n) is 13.7. The number of methoxy groups -OCH3 is 1. The molecule has 1 aromatic carbocycles. The van der Waals surface area contributed by atoms with Gasteiger partial charge in [-0.15, -0.1) is 0 Å². The first kappa shape index (κ1) is 18.9. The molecule has 1 unspecified atom stereocenters. The number of nitrogens with zero attached hydrogens (tertiary/aromatic N) is 1. The Balaban J connectivity index is 2.40. The molecule has 1 atom stereocenters. The van der Waals surface area contributed by atoms with E-state index >= 15 is 0 Å². The van der Waals surface area contributed by atoms with Crippen LogP contribution in [0.3, 0.4) is 0 Å². The van der Waals surface area contributed by atoms with Crippen LogP contribution >= 0.6 is 0 Å². The number of ether oxygens (including phenoxy) is 1. The summed E-state index contributed by atoms with van der Waals surface area (Å²) in [6.45, 7) is 3.87. The second-order valence-corrected chi connectivity index (χ2v) is 6.60. The van der Waals surface area contributed by atoms with Crippen LogP contribution in [0.2, 0.25) is 0 Å². The minimum absolute atomic E-state index is 0.133. The Hall–Kier alpha value is -2.39. The van der Waals surface area contributed by atoms with Crippen molar-refractivity contribution < 1.29 is 28.0 Å². The predicted octanol–water partition coefficient (Wildman–Crippen LogP) is 3.32. The van der Waals surface area contributed by atoms with E-state index in [1.165, 1.54) is 7.11 Å². The number of nitrogens with one attached hydrogen (secondary N) is 1. The van der Waals surface area contributed by atoms with Gasteiger partial charge in [0.05, 0.1) is 7.11 Å². The number of benzene rings is 1. The number of carbonyl (C=O) groups is 1. The van der Waals surface area contributed by atoms with Crippen LogP contribution in [0.5, 0.6) is 5.88 Å². The molecule has 0 spiro atoms. The monoisotopic (exact) mass is 370 g/mol. The maximum Gasteiger partial charge on any atom is 0.338 e. The SMILES string of the molecule is COc1ncc(C(C)C)cc1N[S+]([O-])c1cc(C(=O)O)c(F)cc1F. The van der Waals surface area contributed by atoms with Gasteiger partial charge in [-0.3, -0.25) is 0 Å². The van der Waals surface area contributed by atoms with Gasteiger partial charge >= 0.3 is 5.97 Å². The summed E-state index contributed by atoms with van der Waals surface area (Å²) in [7, 11) is 1.37. The predicted molar refractivity (Wildman–Crippen MR) is 88.2 cm³/mol. The Morgan fingerprint density at radius 2 is 2.00 bits per heavy atom. The topological polar surface area (TPSA) is 94.5 Å². The van der Waals surface area contributed by atoms with E-state index < -0.39 is 39.4 Å². The lowest BCUT2D eigenvalue weighted by Crippen LogP contribution is -2.17. The minimum atomic E-state index is -2.19. The number of anilines is 1. The van der Waals surface area contributed by atoms with Crippen LogP contribution < -0.4 is 9.46 Å². The minimum Gasteiger partial charge on any atom is -0.588 e. The number of aromatic carboxylic acids is 1. The van der Waals surface area contributed by atoms with E-state index in [2.05, 4.69) is 9.71 Å². The highest BCUT2D eigenvalue weighted by molar-refractivity contribution is 7.92. The molecule has 9 heteroatoms. The number of halogens is 2. The average Bonchev–Trinajstić information content (AvgIpc) is 2.54.